The predicted octanol–water partition coefficient (Wildman–Crippen LogP) is 0.429. The molecule has 148 valence electrons. The molecule has 2 aromatic rings. The van der Waals surface area contributed by atoms with Crippen LogP contribution in [0, 0.1) is 11.3 Å². The van der Waals surface area contributed by atoms with Gasteiger partial charge in [-0.05, 0) is 0 Å². The van der Waals surface area contributed by atoms with Crippen molar-refractivity contribution in [1.29, 1.82) is 5.26 Å². The van der Waals surface area contributed by atoms with Crippen LogP contribution in [0.4, 0.5) is 5.13 Å². The highest BCUT2D eigenvalue weighted by atomic mass is 35.5. The Morgan fingerprint density at radius 3 is 2.79 bits per heavy atom. The van der Waals surface area contributed by atoms with E-state index in [0.717, 1.165) is 22.1 Å². The summed E-state index contributed by atoms with van der Waals surface area (Å²) in [6.45, 7) is 1.72. The van der Waals surface area contributed by atoms with Crippen molar-refractivity contribution in [3.63, 3.8) is 0 Å². The Bertz CT molecular complexity index is 990. The summed E-state index contributed by atoms with van der Waals surface area (Å²) < 4.78 is 6.13. The SMILES string of the molecule is Cn1oc(C(=O)N2CCC(=O)NCCN(c3nc(Cl)c(C#N)s3)CC2)cc1=O. The molecule has 1 saturated heterocycles. The quantitative estimate of drug-likeness (QED) is 0.741. The third-order valence-electron chi connectivity index (χ3n) is 4.20. The highest BCUT2D eigenvalue weighted by Gasteiger charge is 2.24. The Kier molecular flexibility index (Phi) is 6.01. The average Bonchev–Trinajstić information content (AvgIpc) is 3.21. The number of nitrogens with one attached hydrogen (secondary N) is 1. The lowest BCUT2D eigenvalue weighted by Gasteiger charge is -2.28. The molecule has 0 saturated carbocycles. The Morgan fingerprint density at radius 2 is 2.14 bits per heavy atom. The smallest absolute Gasteiger partial charge is 0.292 e. The highest BCUT2D eigenvalue weighted by Crippen LogP contribution is 2.28. The first-order chi connectivity index (χ1) is 13.4. The number of rotatable bonds is 2. The molecule has 2 amide bonds. The van der Waals surface area contributed by atoms with Gasteiger partial charge in [-0.1, -0.05) is 22.9 Å². The van der Waals surface area contributed by atoms with Gasteiger partial charge in [0.2, 0.25) is 11.7 Å². The van der Waals surface area contributed by atoms with Gasteiger partial charge in [-0.3, -0.25) is 14.4 Å². The molecule has 1 aliphatic heterocycles. The molecule has 0 aliphatic carbocycles. The standard InChI is InChI=1S/C16H17ClN6O4S/c1-21-13(25)8-10(27-21)15(26)22-4-2-12(24)19-3-5-23(7-6-22)16-20-14(17)11(9-18)28-16/h8H,2-7H2,1H3,(H,19,24). The second-order valence-electron chi connectivity index (χ2n) is 6.04. The van der Waals surface area contributed by atoms with Crippen LogP contribution in [0.5, 0.6) is 0 Å². The van der Waals surface area contributed by atoms with E-state index >= 15 is 0 Å². The molecular formula is C16H17ClN6O4S. The Hall–Kier alpha value is -2.84. The molecule has 1 fully saturated rings. The molecule has 10 nitrogen and oxygen atoms in total. The molecule has 3 rings (SSSR count). The Labute approximate surface area is 168 Å². The maximum atomic E-state index is 12.7. The van der Waals surface area contributed by atoms with Gasteiger partial charge in [0.1, 0.15) is 10.9 Å². The van der Waals surface area contributed by atoms with Gasteiger partial charge in [0, 0.05) is 46.2 Å². The minimum atomic E-state index is -0.471. The molecule has 0 spiro atoms. The third-order valence-corrected chi connectivity index (χ3v) is 5.60. The molecule has 0 unspecified atom stereocenters. The van der Waals surface area contributed by atoms with E-state index in [1.807, 2.05) is 11.0 Å². The molecule has 28 heavy (non-hydrogen) atoms. The van der Waals surface area contributed by atoms with Gasteiger partial charge in [-0.2, -0.15) is 10.0 Å². The van der Waals surface area contributed by atoms with Crippen molar-refractivity contribution in [2.75, 3.05) is 37.6 Å². The van der Waals surface area contributed by atoms with Crippen LogP contribution in [0.1, 0.15) is 21.9 Å². The summed E-state index contributed by atoms with van der Waals surface area (Å²) >= 11 is 7.12. The fraction of sp³-hybridized carbons (Fsp3) is 0.438. The number of aromatic nitrogens is 2. The van der Waals surface area contributed by atoms with Crippen molar-refractivity contribution in [1.82, 2.24) is 19.9 Å². The number of halogens is 1. The molecule has 1 N–H and O–H groups in total. The zero-order valence-electron chi connectivity index (χ0n) is 15.0. The van der Waals surface area contributed by atoms with E-state index in [1.165, 1.54) is 11.9 Å². The number of carbonyl (C=O) groups is 2. The van der Waals surface area contributed by atoms with Gasteiger partial charge in [0.05, 0.1) is 6.07 Å². The molecule has 0 bridgehead atoms. The normalized spacial score (nSPS) is 15.8. The zero-order chi connectivity index (χ0) is 20.3. The van der Waals surface area contributed by atoms with E-state index in [0.29, 0.717) is 29.6 Å². The second kappa shape index (κ2) is 8.45. The molecular weight excluding hydrogens is 408 g/mol. The van der Waals surface area contributed by atoms with Crippen LogP contribution in [-0.4, -0.2) is 59.2 Å². The first kappa shape index (κ1) is 19.9. The number of hydrogen-bond acceptors (Lipinski definition) is 8. The molecule has 1 aliphatic rings. The largest absolute Gasteiger partial charge is 0.371 e. The molecule has 0 aromatic carbocycles. The monoisotopic (exact) mass is 424 g/mol. The summed E-state index contributed by atoms with van der Waals surface area (Å²) in [5.41, 5.74) is -0.426. The maximum Gasteiger partial charge on any atom is 0.292 e. The van der Waals surface area contributed by atoms with Gasteiger partial charge in [-0.25, -0.2) is 4.98 Å². The first-order valence-corrected chi connectivity index (χ1v) is 9.63. The average molecular weight is 425 g/mol. The number of anilines is 1. The second-order valence-corrected chi connectivity index (χ2v) is 7.38. The predicted molar refractivity (Wildman–Crippen MR) is 102 cm³/mol. The summed E-state index contributed by atoms with van der Waals surface area (Å²) in [4.78, 5) is 44.1. The molecule has 0 radical (unpaired) electrons. The van der Waals surface area contributed by atoms with E-state index in [-0.39, 0.29) is 36.3 Å². The molecule has 12 heteroatoms. The number of hydrogen-bond donors (Lipinski definition) is 1. The van der Waals surface area contributed by atoms with Crippen LogP contribution >= 0.6 is 22.9 Å². The summed E-state index contributed by atoms with van der Waals surface area (Å²) in [7, 11) is 1.41. The van der Waals surface area contributed by atoms with Crippen molar-refractivity contribution < 1.29 is 14.1 Å². The number of carbonyl (C=O) groups excluding carboxylic acids is 2. The molecule has 3 heterocycles. The van der Waals surface area contributed by atoms with Crippen molar-refractivity contribution in [2.45, 2.75) is 6.42 Å². The van der Waals surface area contributed by atoms with Gasteiger partial charge in [0.15, 0.2) is 10.3 Å². The Morgan fingerprint density at radius 1 is 1.36 bits per heavy atom. The minimum Gasteiger partial charge on any atom is -0.371 e. The van der Waals surface area contributed by atoms with Crippen LogP contribution in [0.2, 0.25) is 5.15 Å². The van der Waals surface area contributed by atoms with Crippen LogP contribution in [0.15, 0.2) is 15.4 Å². The van der Waals surface area contributed by atoms with Crippen molar-refractivity contribution in [3.8, 4) is 6.07 Å². The lowest BCUT2D eigenvalue weighted by Crippen LogP contribution is -2.45. The number of aryl methyl sites for hydroxylation is 1. The fourth-order valence-corrected chi connectivity index (χ4v) is 3.78. The molecule has 2 aromatic heterocycles. The number of thiazole rings is 1. The number of nitrogens with zero attached hydrogens (tertiary/aromatic N) is 5. The lowest BCUT2D eigenvalue weighted by molar-refractivity contribution is -0.121. The summed E-state index contributed by atoms with van der Waals surface area (Å²) in [5.74, 6) is -0.745. The van der Waals surface area contributed by atoms with Crippen molar-refractivity contribution in [2.24, 2.45) is 7.05 Å². The van der Waals surface area contributed by atoms with Crippen LogP contribution in [0.25, 0.3) is 0 Å². The third kappa shape index (κ3) is 4.35. The summed E-state index contributed by atoms with van der Waals surface area (Å²) in [6, 6.07) is 3.11. The van der Waals surface area contributed by atoms with Crippen LogP contribution in [-0.2, 0) is 11.8 Å². The van der Waals surface area contributed by atoms with Crippen molar-refractivity contribution >= 4 is 39.9 Å². The highest BCUT2D eigenvalue weighted by molar-refractivity contribution is 7.16. The minimum absolute atomic E-state index is 0.0828. The fourth-order valence-electron chi connectivity index (χ4n) is 2.69. The van der Waals surface area contributed by atoms with E-state index in [4.69, 9.17) is 21.4 Å². The zero-order valence-corrected chi connectivity index (χ0v) is 16.5. The lowest BCUT2D eigenvalue weighted by atomic mass is 10.3. The summed E-state index contributed by atoms with van der Waals surface area (Å²) in [6.07, 6.45) is 0.143. The topological polar surface area (TPSA) is 124 Å². The molecule has 0 atom stereocenters. The van der Waals surface area contributed by atoms with E-state index < -0.39 is 11.5 Å². The number of amides is 2. The van der Waals surface area contributed by atoms with E-state index in [9.17, 15) is 14.4 Å². The van der Waals surface area contributed by atoms with Gasteiger partial charge >= 0.3 is 0 Å². The Balaban J connectivity index is 1.81. The van der Waals surface area contributed by atoms with E-state index in [1.54, 1.807) is 0 Å². The van der Waals surface area contributed by atoms with E-state index in [2.05, 4.69) is 10.3 Å². The number of nitriles is 1. The first-order valence-electron chi connectivity index (χ1n) is 8.43. The summed E-state index contributed by atoms with van der Waals surface area (Å²) in [5, 5.41) is 12.5. The maximum absolute atomic E-state index is 12.7. The van der Waals surface area contributed by atoms with Crippen LogP contribution in [0.3, 0.4) is 0 Å². The van der Waals surface area contributed by atoms with Gasteiger partial charge < -0.3 is 19.6 Å². The van der Waals surface area contributed by atoms with Crippen LogP contribution < -0.4 is 15.8 Å². The van der Waals surface area contributed by atoms with Gasteiger partial charge in [-0.15, -0.1) is 0 Å². The van der Waals surface area contributed by atoms with Gasteiger partial charge in [0.25, 0.3) is 11.5 Å². The van der Waals surface area contributed by atoms with Crippen molar-refractivity contribution in [3.05, 3.63) is 32.2 Å².